The maximum atomic E-state index is 11.1. The van der Waals surface area contributed by atoms with Crippen molar-refractivity contribution in [3.63, 3.8) is 0 Å². The summed E-state index contributed by atoms with van der Waals surface area (Å²) >= 11 is 0. The lowest BCUT2D eigenvalue weighted by Gasteiger charge is -2.06. The maximum Gasteiger partial charge on any atom is 0.257 e. The number of nitrogen functional groups attached to an aromatic ring is 1. The SMILES string of the molecule is CNC(=O)CCNc1nc(N)nc(-n2cccn2)n1. The van der Waals surface area contributed by atoms with Gasteiger partial charge in [-0.3, -0.25) is 4.79 Å². The number of anilines is 2. The van der Waals surface area contributed by atoms with Crippen LogP contribution in [-0.2, 0) is 4.79 Å². The molecule has 19 heavy (non-hydrogen) atoms. The fourth-order valence-electron chi connectivity index (χ4n) is 1.36. The molecule has 0 aromatic carbocycles. The Bertz CT molecular complexity index is 553. The number of carbonyl (C=O) groups is 1. The van der Waals surface area contributed by atoms with Crippen LogP contribution in [0.5, 0.6) is 0 Å². The molecule has 4 N–H and O–H groups in total. The van der Waals surface area contributed by atoms with Crippen molar-refractivity contribution < 1.29 is 4.79 Å². The smallest absolute Gasteiger partial charge is 0.257 e. The quantitative estimate of drug-likeness (QED) is 0.643. The third kappa shape index (κ3) is 3.37. The summed E-state index contributed by atoms with van der Waals surface area (Å²) in [7, 11) is 1.58. The number of aromatic nitrogens is 5. The van der Waals surface area contributed by atoms with Crippen LogP contribution in [0.3, 0.4) is 0 Å². The Kier molecular flexibility index (Phi) is 3.86. The van der Waals surface area contributed by atoms with Crippen LogP contribution in [0.25, 0.3) is 5.95 Å². The first-order valence-electron chi connectivity index (χ1n) is 5.65. The Morgan fingerprint density at radius 3 is 2.95 bits per heavy atom. The monoisotopic (exact) mass is 262 g/mol. The van der Waals surface area contributed by atoms with E-state index in [9.17, 15) is 4.79 Å². The number of nitrogens with two attached hydrogens (primary N) is 1. The molecule has 0 aliphatic carbocycles. The Morgan fingerprint density at radius 1 is 1.42 bits per heavy atom. The number of nitrogens with one attached hydrogen (secondary N) is 2. The molecule has 9 nitrogen and oxygen atoms in total. The largest absolute Gasteiger partial charge is 0.368 e. The first-order valence-corrected chi connectivity index (χ1v) is 5.65. The van der Waals surface area contributed by atoms with Crippen LogP contribution in [-0.4, -0.2) is 44.2 Å². The molecule has 0 saturated carbocycles. The molecule has 0 unspecified atom stereocenters. The highest BCUT2D eigenvalue weighted by Crippen LogP contribution is 2.06. The highest BCUT2D eigenvalue weighted by molar-refractivity contribution is 5.75. The van der Waals surface area contributed by atoms with E-state index in [1.165, 1.54) is 4.68 Å². The van der Waals surface area contributed by atoms with Crippen molar-refractivity contribution in [1.29, 1.82) is 0 Å². The highest BCUT2D eigenvalue weighted by Gasteiger charge is 2.06. The second-order valence-corrected chi connectivity index (χ2v) is 3.62. The van der Waals surface area contributed by atoms with E-state index in [2.05, 4.69) is 30.7 Å². The minimum atomic E-state index is -0.0678. The molecule has 2 aromatic heterocycles. The van der Waals surface area contributed by atoms with E-state index in [1.54, 1.807) is 25.5 Å². The number of carbonyl (C=O) groups excluding carboxylic acids is 1. The van der Waals surface area contributed by atoms with E-state index in [4.69, 9.17) is 5.73 Å². The summed E-state index contributed by atoms with van der Waals surface area (Å²) in [5.41, 5.74) is 5.60. The molecule has 0 spiro atoms. The summed E-state index contributed by atoms with van der Waals surface area (Å²) in [5.74, 6) is 0.645. The van der Waals surface area contributed by atoms with E-state index in [0.717, 1.165) is 0 Å². The molecule has 0 aliphatic heterocycles. The van der Waals surface area contributed by atoms with Crippen LogP contribution in [0, 0.1) is 0 Å². The zero-order valence-corrected chi connectivity index (χ0v) is 10.4. The standard InChI is InChI=1S/C10H14N8O/c1-12-7(19)3-5-13-9-15-8(11)16-10(17-9)18-6-2-4-14-18/h2,4,6H,3,5H2,1H3,(H,12,19)(H3,11,13,15,16,17). The summed E-state index contributed by atoms with van der Waals surface area (Å²) in [5, 5.41) is 9.44. The van der Waals surface area contributed by atoms with Gasteiger partial charge in [-0.1, -0.05) is 0 Å². The lowest BCUT2D eigenvalue weighted by Crippen LogP contribution is -2.21. The molecular formula is C10H14N8O. The van der Waals surface area contributed by atoms with Gasteiger partial charge in [0.25, 0.3) is 5.95 Å². The molecule has 1 amide bonds. The molecule has 0 aliphatic rings. The lowest BCUT2D eigenvalue weighted by atomic mass is 10.4. The van der Waals surface area contributed by atoms with Gasteiger partial charge in [-0.2, -0.15) is 20.1 Å². The molecule has 0 fully saturated rings. The van der Waals surface area contributed by atoms with Gasteiger partial charge >= 0.3 is 0 Å². The molecular weight excluding hydrogens is 248 g/mol. The van der Waals surface area contributed by atoms with E-state index >= 15 is 0 Å². The number of hydrogen-bond acceptors (Lipinski definition) is 7. The molecule has 0 saturated heterocycles. The third-order valence-electron chi connectivity index (χ3n) is 2.26. The van der Waals surface area contributed by atoms with Gasteiger partial charge in [0.05, 0.1) is 0 Å². The van der Waals surface area contributed by atoms with Gasteiger partial charge in [-0.15, -0.1) is 0 Å². The molecule has 2 rings (SSSR count). The minimum Gasteiger partial charge on any atom is -0.368 e. The van der Waals surface area contributed by atoms with Crippen LogP contribution < -0.4 is 16.4 Å². The fraction of sp³-hybridized carbons (Fsp3) is 0.300. The van der Waals surface area contributed by atoms with Gasteiger partial charge in [-0.05, 0) is 6.07 Å². The Hall–Kier alpha value is -2.71. The Labute approximate surface area is 109 Å². The highest BCUT2D eigenvalue weighted by atomic mass is 16.1. The van der Waals surface area contributed by atoms with Crippen molar-refractivity contribution in [3.8, 4) is 5.95 Å². The van der Waals surface area contributed by atoms with Crippen LogP contribution in [0.2, 0.25) is 0 Å². The van der Waals surface area contributed by atoms with Crippen LogP contribution in [0.1, 0.15) is 6.42 Å². The second-order valence-electron chi connectivity index (χ2n) is 3.62. The molecule has 0 radical (unpaired) electrons. The molecule has 0 bridgehead atoms. The summed E-state index contributed by atoms with van der Waals surface area (Å²) in [6.45, 7) is 0.404. The third-order valence-corrected chi connectivity index (χ3v) is 2.26. The second kappa shape index (κ2) is 5.76. The Balaban J connectivity index is 2.07. The van der Waals surface area contributed by atoms with E-state index < -0.39 is 0 Å². The van der Waals surface area contributed by atoms with Crippen LogP contribution in [0.4, 0.5) is 11.9 Å². The average Bonchev–Trinajstić information content (AvgIpc) is 2.91. The summed E-state index contributed by atoms with van der Waals surface area (Å²) in [6.07, 6.45) is 3.63. The van der Waals surface area contributed by atoms with E-state index in [1.807, 2.05) is 0 Å². The molecule has 2 heterocycles. The lowest BCUT2D eigenvalue weighted by molar-refractivity contribution is -0.120. The maximum absolute atomic E-state index is 11.1. The fourth-order valence-corrected chi connectivity index (χ4v) is 1.36. The van der Waals surface area contributed by atoms with Crippen molar-refractivity contribution >= 4 is 17.8 Å². The predicted molar refractivity (Wildman–Crippen MR) is 68.5 cm³/mol. The summed E-state index contributed by atoms with van der Waals surface area (Å²) in [6, 6.07) is 1.75. The van der Waals surface area contributed by atoms with Crippen LogP contribution in [0.15, 0.2) is 18.5 Å². The van der Waals surface area contributed by atoms with Crippen molar-refractivity contribution in [1.82, 2.24) is 30.0 Å². The predicted octanol–water partition coefficient (Wildman–Crippen LogP) is -0.812. The van der Waals surface area contributed by atoms with Gasteiger partial charge in [0.2, 0.25) is 17.8 Å². The zero-order chi connectivity index (χ0) is 13.7. The normalized spacial score (nSPS) is 10.2. The number of nitrogens with zero attached hydrogens (tertiary/aromatic N) is 5. The van der Waals surface area contributed by atoms with Gasteiger partial charge in [0.15, 0.2) is 0 Å². The van der Waals surface area contributed by atoms with Crippen molar-refractivity contribution in [2.24, 2.45) is 0 Å². The molecule has 0 atom stereocenters. The molecule has 9 heteroatoms. The number of rotatable bonds is 5. The number of amides is 1. The number of hydrogen-bond donors (Lipinski definition) is 3. The van der Waals surface area contributed by atoms with E-state index in [0.29, 0.717) is 24.9 Å². The molecule has 100 valence electrons. The Morgan fingerprint density at radius 2 is 2.26 bits per heavy atom. The first kappa shape index (κ1) is 12.7. The summed E-state index contributed by atoms with van der Waals surface area (Å²) in [4.78, 5) is 23.1. The van der Waals surface area contributed by atoms with Gasteiger partial charge in [0, 0.05) is 32.4 Å². The van der Waals surface area contributed by atoms with Gasteiger partial charge in [-0.25, -0.2) is 4.68 Å². The topological polar surface area (TPSA) is 124 Å². The van der Waals surface area contributed by atoms with E-state index in [-0.39, 0.29) is 11.9 Å². The zero-order valence-electron chi connectivity index (χ0n) is 10.4. The van der Waals surface area contributed by atoms with Crippen molar-refractivity contribution in [2.45, 2.75) is 6.42 Å². The van der Waals surface area contributed by atoms with Crippen molar-refractivity contribution in [3.05, 3.63) is 18.5 Å². The average molecular weight is 262 g/mol. The minimum absolute atomic E-state index is 0.0678. The first-order chi connectivity index (χ1) is 9.19. The van der Waals surface area contributed by atoms with Gasteiger partial charge < -0.3 is 16.4 Å². The van der Waals surface area contributed by atoms with Crippen molar-refractivity contribution in [2.75, 3.05) is 24.6 Å². The molecule has 2 aromatic rings. The summed E-state index contributed by atoms with van der Waals surface area (Å²) < 4.78 is 1.47. The van der Waals surface area contributed by atoms with Crippen LogP contribution >= 0.6 is 0 Å². The van der Waals surface area contributed by atoms with Gasteiger partial charge in [0.1, 0.15) is 0 Å².